The second kappa shape index (κ2) is 7.36. The lowest BCUT2D eigenvalue weighted by molar-refractivity contribution is 0.0457. The van der Waals surface area contributed by atoms with Crippen molar-refractivity contribution in [2.24, 2.45) is 5.73 Å². The lowest BCUT2D eigenvalue weighted by Gasteiger charge is -2.46. The molecule has 0 bridgehead atoms. The molecule has 0 amide bonds. The van der Waals surface area contributed by atoms with Crippen molar-refractivity contribution in [3.05, 3.63) is 12.2 Å². The van der Waals surface area contributed by atoms with Crippen LogP contribution in [0.25, 0.3) is 0 Å². The molecule has 0 unspecified atom stereocenters. The van der Waals surface area contributed by atoms with E-state index in [1.165, 1.54) is 32.1 Å². The van der Waals surface area contributed by atoms with Crippen LogP contribution in [0.15, 0.2) is 6.33 Å². The Bertz CT molecular complexity index is 420. The van der Waals surface area contributed by atoms with Crippen molar-refractivity contribution in [1.82, 2.24) is 19.7 Å². The van der Waals surface area contributed by atoms with E-state index in [1.54, 1.807) is 6.33 Å². The molecule has 0 aliphatic heterocycles. The van der Waals surface area contributed by atoms with Gasteiger partial charge in [-0.25, -0.2) is 9.67 Å². The summed E-state index contributed by atoms with van der Waals surface area (Å²) in [6.07, 6.45) is 9.22. The predicted octanol–water partition coefficient (Wildman–Crippen LogP) is 2.73. The summed E-state index contributed by atoms with van der Waals surface area (Å²) in [7, 11) is 0. The van der Waals surface area contributed by atoms with Gasteiger partial charge in [0, 0.05) is 18.1 Å². The number of nitrogens with zero attached hydrogens (tertiary/aromatic N) is 4. The lowest BCUT2D eigenvalue weighted by atomic mass is 9.80. The van der Waals surface area contributed by atoms with E-state index < -0.39 is 0 Å². The zero-order valence-electron chi connectivity index (χ0n) is 13.9. The van der Waals surface area contributed by atoms with E-state index in [-0.39, 0.29) is 5.54 Å². The largest absolute Gasteiger partial charge is 0.329 e. The Labute approximate surface area is 128 Å². The first-order chi connectivity index (χ1) is 10.1. The summed E-state index contributed by atoms with van der Waals surface area (Å²) in [6, 6.07) is 0.353. The smallest absolute Gasteiger partial charge is 0.141 e. The summed E-state index contributed by atoms with van der Waals surface area (Å²) in [5.74, 6) is 1.07. The van der Waals surface area contributed by atoms with E-state index in [0.717, 1.165) is 31.9 Å². The van der Waals surface area contributed by atoms with Crippen LogP contribution in [0.5, 0.6) is 0 Å². The standard InChI is InChI=1S/C16H31N5/c1-4-10-20(16(12-17)8-6-5-7-9-16)11-15-18-13-19-21(15)14(2)3/h13-14H,4-12,17H2,1-3H3. The fourth-order valence-electron chi connectivity index (χ4n) is 3.60. The Kier molecular flexibility index (Phi) is 5.76. The van der Waals surface area contributed by atoms with E-state index in [9.17, 15) is 0 Å². The van der Waals surface area contributed by atoms with Crippen LogP contribution in [-0.2, 0) is 6.54 Å². The molecule has 1 aromatic heterocycles. The molecular formula is C16H31N5. The van der Waals surface area contributed by atoms with Gasteiger partial charge in [-0.3, -0.25) is 4.90 Å². The fraction of sp³-hybridized carbons (Fsp3) is 0.875. The van der Waals surface area contributed by atoms with Crippen LogP contribution in [0.2, 0.25) is 0 Å². The average molecular weight is 293 g/mol. The molecule has 120 valence electrons. The molecule has 0 aromatic carbocycles. The normalized spacial score (nSPS) is 18.6. The van der Waals surface area contributed by atoms with Crippen LogP contribution in [0.1, 0.15) is 71.2 Å². The maximum Gasteiger partial charge on any atom is 0.141 e. The molecule has 0 atom stereocenters. The Morgan fingerprint density at radius 1 is 1.33 bits per heavy atom. The van der Waals surface area contributed by atoms with Crippen molar-refractivity contribution in [3.63, 3.8) is 0 Å². The average Bonchev–Trinajstić information content (AvgIpc) is 2.96. The second-order valence-corrected chi connectivity index (χ2v) is 6.63. The topological polar surface area (TPSA) is 60.0 Å². The van der Waals surface area contributed by atoms with Gasteiger partial charge in [-0.05, 0) is 39.7 Å². The zero-order valence-corrected chi connectivity index (χ0v) is 13.9. The van der Waals surface area contributed by atoms with E-state index in [2.05, 4.69) is 35.8 Å². The van der Waals surface area contributed by atoms with Crippen LogP contribution in [0, 0.1) is 0 Å². The molecule has 21 heavy (non-hydrogen) atoms. The van der Waals surface area contributed by atoms with E-state index >= 15 is 0 Å². The van der Waals surface area contributed by atoms with Crippen molar-refractivity contribution >= 4 is 0 Å². The van der Waals surface area contributed by atoms with Crippen LogP contribution in [0.4, 0.5) is 0 Å². The zero-order chi connectivity index (χ0) is 15.3. The molecule has 2 rings (SSSR count). The van der Waals surface area contributed by atoms with Gasteiger partial charge in [0.2, 0.25) is 0 Å². The number of aromatic nitrogens is 3. The molecule has 2 N–H and O–H groups in total. The summed E-state index contributed by atoms with van der Waals surface area (Å²) < 4.78 is 2.04. The third kappa shape index (κ3) is 3.64. The van der Waals surface area contributed by atoms with E-state index in [0.29, 0.717) is 6.04 Å². The van der Waals surface area contributed by atoms with Gasteiger partial charge in [-0.2, -0.15) is 5.10 Å². The van der Waals surface area contributed by atoms with Crippen molar-refractivity contribution in [3.8, 4) is 0 Å². The van der Waals surface area contributed by atoms with Gasteiger partial charge in [-0.1, -0.05) is 26.2 Å². The summed E-state index contributed by atoms with van der Waals surface area (Å²) in [5.41, 5.74) is 6.38. The van der Waals surface area contributed by atoms with Gasteiger partial charge in [0.15, 0.2) is 0 Å². The lowest BCUT2D eigenvalue weighted by Crippen LogP contribution is -2.55. The molecule has 0 saturated heterocycles. The van der Waals surface area contributed by atoms with Crippen molar-refractivity contribution in [2.75, 3.05) is 13.1 Å². The van der Waals surface area contributed by atoms with E-state index in [4.69, 9.17) is 5.73 Å². The maximum absolute atomic E-state index is 6.21. The van der Waals surface area contributed by atoms with Crippen molar-refractivity contribution in [1.29, 1.82) is 0 Å². The van der Waals surface area contributed by atoms with Gasteiger partial charge in [-0.15, -0.1) is 0 Å². The van der Waals surface area contributed by atoms with Crippen molar-refractivity contribution in [2.45, 2.75) is 77.4 Å². The Hall–Kier alpha value is -0.940. The van der Waals surface area contributed by atoms with Gasteiger partial charge < -0.3 is 5.73 Å². The van der Waals surface area contributed by atoms with Gasteiger partial charge >= 0.3 is 0 Å². The van der Waals surface area contributed by atoms with Gasteiger partial charge in [0.25, 0.3) is 0 Å². The summed E-state index contributed by atoms with van der Waals surface area (Å²) in [5, 5.41) is 4.37. The Morgan fingerprint density at radius 3 is 2.62 bits per heavy atom. The van der Waals surface area contributed by atoms with Gasteiger partial charge in [0.1, 0.15) is 12.2 Å². The molecule has 5 heteroatoms. The van der Waals surface area contributed by atoms with Crippen LogP contribution in [-0.4, -0.2) is 38.3 Å². The molecule has 1 aromatic rings. The quantitative estimate of drug-likeness (QED) is 0.839. The number of hydrogen-bond acceptors (Lipinski definition) is 4. The first-order valence-electron chi connectivity index (χ1n) is 8.46. The number of hydrogen-bond donors (Lipinski definition) is 1. The number of nitrogens with two attached hydrogens (primary N) is 1. The first kappa shape index (κ1) is 16.4. The molecule has 1 aliphatic carbocycles. The molecule has 1 aliphatic rings. The second-order valence-electron chi connectivity index (χ2n) is 6.63. The van der Waals surface area contributed by atoms with Crippen molar-refractivity contribution < 1.29 is 0 Å². The summed E-state index contributed by atoms with van der Waals surface area (Å²) in [6.45, 7) is 9.25. The molecule has 1 saturated carbocycles. The monoisotopic (exact) mass is 293 g/mol. The van der Waals surface area contributed by atoms with Crippen LogP contribution >= 0.6 is 0 Å². The maximum atomic E-state index is 6.21. The first-order valence-corrected chi connectivity index (χ1v) is 8.46. The highest BCUT2D eigenvalue weighted by Gasteiger charge is 2.36. The van der Waals surface area contributed by atoms with E-state index in [1.807, 2.05) is 4.68 Å². The molecule has 0 radical (unpaired) electrons. The highest BCUT2D eigenvalue weighted by Crippen LogP contribution is 2.34. The highest BCUT2D eigenvalue weighted by molar-refractivity contribution is 4.97. The Balaban J connectivity index is 2.19. The summed E-state index contributed by atoms with van der Waals surface area (Å²) >= 11 is 0. The predicted molar refractivity (Wildman–Crippen MR) is 86.0 cm³/mol. The summed E-state index contributed by atoms with van der Waals surface area (Å²) in [4.78, 5) is 7.07. The molecular weight excluding hydrogens is 262 g/mol. The minimum absolute atomic E-state index is 0.169. The SMILES string of the molecule is CCCN(Cc1ncnn1C(C)C)C1(CN)CCCCC1. The third-order valence-electron chi connectivity index (χ3n) is 4.80. The fourth-order valence-corrected chi connectivity index (χ4v) is 3.60. The minimum Gasteiger partial charge on any atom is -0.329 e. The molecule has 1 heterocycles. The Morgan fingerprint density at radius 2 is 2.05 bits per heavy atom. The number of rotatable bonds is 7. The van der Waals surface area contributed by atoms with Crippen LogP contribution in [0.3, 0.4) is 0 Å². The van der Waals surface area contributed by atoms with Crippen LogP contribution < -0.4 is 5.73 Å². The molecule has 5 nitrogen and oxygen atoms in total. The molecule has 1 fully saturated rings. The molecule has 0 spiro atoms. The third-order valence-corrected chi connectivity index (χ3v) is 4.80. The minimum atomic E-state index is 0.169. The highest BCUT2D eigenvalue weighted by atomic mass is 15.4. The van der Waals surface area contributed by atoms with Gasteiger partial charge in [0.05, 0.1) is 6.54 Å².